The molecule has 0 aromatic heterocycles. The summed E-state index contributed by atoms with van der Waals surface area (Å²) in [4.78, 5) is 0. The summed E-state index contributed by atoms with van der Waals surface area (Å²) in [5, 5.41) is 87.0. The smallest absolute Gasteiger partial charge is 0.184 e. The molecule has 3 aliphatic rings. The van der Waals surface area contributed by atoms with Crippen molar-refractivity contribution in [3.63, 3.8) is 0 Å². The number of aliphatic hydroxyl groups excluding tert-OH is 7. The SMILES string of the molecule is CN.C[C@]1(O)COC(O[C@H]2C(NC(CO)CO)CC(N)[C@@H](O[C@@H]3CC(O)[C@H](O)C(CNCCCO)O3)C2O)C(O)C1. The van der Waals surface area contributed by atoms with Crippen LogP contribution in [0.25, 0.3) is 0 Å². The standard InChI is InChI=1S/C24H47N3O12.CH5N/c1-24(35)7-16(32)23(36-11-24)39-22-14(27-12(9-29)10-30)5-13(25)21(20(22)34)38-18-6-15(31)19(33)17(37-18)8-26-3-2-4-28;1-2/h12-23,26-35H,2-11,25H2,1H3;2H2,1H3/t13?,14?,15?,16?,17?,18-,19+,20?,21-,22+,23?,24-;/m1./s1. The van der Waals surface area contributed by atoms with E-state index in [2.05, 4.69) is 16.4 Å². The maximum absolute atomic E-state index is 11.4. The van der Waals surface area contributed by atoms with Crippen LogP contribution in [0.5, 0.6) is 0 Å². The van der Waals surface area contributed by atoms with Gasteiger partial charge in [0, 0.05) is 38.1 Å². The van der Waals surface area contributed by atoms with Gasteiger partial charge in [-0.1, -0.05) is 0 Å². The predicted octanol–water partition coefficient (Wildman–Crippen LogP) is -5.60. The predicted molar refractivity (Wildman–Crippen MR) is 144 cm³/mol. The largest absolute Gasteiger partial charge is 0.396 e. The lowest BCUT2D eigenvalue weighted by atomic mass is 9.83. The zero-order valence-corrected chi connectivity index (χ0v) is 23.9. The van der Waals surface area contributed by atoms with Crippen molar-refractivity contribution < 1.29 is 59.8 Å². The molecule has 0 aromatic carbocycles. The molecule has 0 bridgehead atoms. The van der Waals surface area contributed by atoms with Gasteiger partial charge in [-0.05, 0) is 33.4 Å². The van der Waals surface area contributed by atoms with Crippen molar-refractivity contribution in [3.8, 4) is 0 Å². The fourth-order valence-electron chi connectivity index (χ4n) is 5.28. The van der Waals surface area contributed by atoms with E-state index in [9.17, 15) is 35.7 Å². The Bertz CT molecular complexity index is 724. The molecule has 2 saturated heterocycles. The van der Waals surface area contributed by atoms with Crippen molar-refractivity contribution in [2.75, 3.05) is 46.6 Å². The van der Waals surface area contributed by atoms with Crippen LogP contribution in [-0.2, 0) is 18.9 Å². The zero-order valence-electron chi connectivity index (χ0n) is 23.9. The van der Waals surface area contributed by atoms with E-state index < -0.39 is 79.0 Å². The van der Waals surface area contributed by atoms with E-state index in [0.29, 0.717) is 13.0 Å². The van der Waals surface area contributed by atoms with Crippen molar-refractivity contribution >= 4 is 0 Å². The van der Waals surface area contributed by atoms with E-state index in [1.165, 1.54) is 14.0 Å². The Kier molecular flexibility index (Phi) is 15.7. The first kappa shape index (κ1) is 36.6. The van der Waals surface area contributed by atoms with Gasteiger partial charge in [0.25, 0.3) is 0 Å². The number of hydrogen-bond donors (Lipinski definition) is 12. The summed E-state index contributed by atoms with van der Waals surface area (Å²) in [5.74, 6) is 0. The monoisotopic (exact) mass is 600 g/mol. The Hall–Kier alpha value is -0.640. The van der Waals surface area contributed by atoms with Crippen LogP contribution in [0.2, 0.25) is 0 Å². The molecule has 244 valence electrons. The van der Waals surface area contributed by atoms with E-state index in [0.717, 1.165) is 0 Å². The number of nitrogens with two attached hydrogens (primary N) is 2. The lowest BCUT2D eigenvalue weighted by molar-refractivity contribution is -0.309. The van der Waals surface area contributed by atoms with E-state index >= 15 is 0 Å². The van der Waals surface area contributed by atoms with Crippen LogP contribution in [0, 0.1) is 0 Å². The van der Waals surface area contributed by atoms with Gasteiger partial charge in [-0.2, -0.15) is 0 Å². The molecular formula is C25H52N4O12. The first-order valence-electron chi connectivity index (χ1n) is 14.1. The number of aliphatic hydroxyl groups is 8. The summed E-state index contributed by atoms with van der Waals surface area (Å²) in [6.45, 7) is 1.32. The first-order chi connectivity index (χ1) is 19.5. The summed E-state index contributed by atoms with van der Waals surface area (Å²) in [7, 11) is 1.50. The highest BCUT2D eigenvalue weighted by atomic mass is 16.7. The number of nitrogens with one attached hydrogen (secondary N) is 2. The summed E-state index contributed by atoms with van der Waals surface area (Å²) < 4.78 is 23.4. The average molecular weight is 601 g/mol. The van der Waals surface area contributed by atoms with Gasteiger partial charge in [-0.15, -0.1) is 0 Å². The highest BCUT2D eigenvalue weighted by Gasteiger charge is 2.49. The fourth-order valence-corrected chi connectivity index (χ4v) is 5.28. The Morgan fingerprint density at radius 1 is 0.976 bits per heavy atom. The molecule has 2 heterocycles. The number of ether oxygens (including phenoxy) is 4. The second-order valence-corrected chi connectivity index (χ2v) is 11.1. The molecule has 3 rings (SSSR count). The number of hydrogen-bond acceptors (Lipinski definition) is 16. The third-order valence-corrected chi connectivity index (χ3v) is 7.42. The molecule has 1 saturated carbocycles. The molecular weight excluding hydrogens is 548 g/mol. The van der Waals surface area contributed by atoms with Crippen LogP contribution in [0.4, 0.5) is 0 Å². The second-order valence-electron chi connectivity index (χ2n) is 11.1. The molecule has 12 atom stereocenters. The van der Waals surface area contributed by atoms with E-state index in [-0.39, 0.29) is 52.2 Å². The molecule has 16 heteroatoms. The van der Waals surface area contributed by atoms with Crippen molar-refractivity contribution in [1.29, 1.82) is 0 Å². The molecule has 1 aliphatic carbocycles. The highest BCUT2D eigenvalue weighted by molar-refractivity contribution is 5.02. The molecule has 2 aliphatic heterocycles. The maximum atomic E-state index is 11.4. The van der Waals surface area contributed by atoms with Crippen LogP contribution in [-0.4, -0.2) is 166 Å². The van der Waals surface area contributed by atoms with Crippen molar-refractivity contribution in [2.24, 2.45) is 11.5 Å². The Morgan fingerprint density at radius 2 is 1.66 bits per heavy atom. The minimum absolute atomic E-state index is 0.00554. The molecule has 7 unspecified atom stereocenters. The first-order valence-corrected chi connectivity index (χ1v) is 14.1. The van der Waals surface area contributed by atoms with Crippen molar-refractivity contribution in [3.05, 3.63) is 0 Å². The van der Waals surface area contributed by atoms with Gasteiger partial charge in [0.2, 0.25) is 0 Å². The van der Waals surface area contributed by atoms with E-state index in [1.54, 1.807) is 0 Å². The van der Waals surface area contributed by atoms with Gasteiger partial charge in [-0.3, -0.25) is 0 Å². The molecule has 0 spiro atoms. The number of rotatable bonds is 13. The van der Waals surface area contributed by atoms with Crippen LogP contribution < -0.4 is 22.1 Å². The molecule has 0 amide bonds. The van der Waals surface area contributed by atoms with Gasteiger partial charge >= 0.3 is 0 Å². The minimum atomic E-state index is -1.39. The third kappa shape index (κ3) is 10.5. The van der Waals surface area contributed by atoms with Gasteiger partial charge in [-0.25, -0.2) is 0 Å². The van der Waals surface area contributed by atoms with Crippen LogP contribution in [0.15, 0.2) is 0 Å². The summed E-state index contributed by atoms with van der Waals surface area (Å²) in [5.41, 5.74) is 9.63. The third-order valence-electron chi connectivity index (χ3n) is 7.42. The fraction of sp³-hybridized carbons (Fsp3) is 1.00. The quantitative estimate of drug-likeness (QED) is 0.0878. The Labute approximate surface area is 240 Å². The molecule has 3 fully saturated rings. The van der Waals surface area contributed by atoms with E-state index in [4.69, 9.17) is 29.8 Å². The van der Waals surface area contributed by atoms with Crippen molar-refractivity contribution in [1.82, 2.24) is 10.6 Å². The summed E-state index contributed by atoms with van der Waals surface area (Å²) in [6.07, 6.45) is -9.45. The average Bonchev–Trinajstić information content (AvgIpc) is 2.93. The molecule has 0 aromatic rings. The summed E-state index contributed by atoms with van der Waals surface area (Å²) >= 11 is 0. The highest BCUT2D eigenvalue weighted by Crippen LogP contribution is 2.32. The Morgan fingerprint density at radius 3 is 2.27 bits per heavy atom. The molecule has 41 heavy (non-hydrogen) atoms. The van der Waals surface area contributed by atoms with Gasteiger partial charge in [0.05, 0.1) is 37.6 Å². The lowest BCUT2D eigenvalue weighted by Crippen LogP contribution is -2.67. The Balaban J connectivity index is 0.00000287. The lowest BCUT2D eigenvalue weighted by Gasteiger charge is -2.48. The van der Waals surface area contributed by atoms with E-state index in [1.807, 2.05) is 0 Å². The molecule has 0 radical (unpaired) electrons. The molecule has 14 N–H and O–H groups in total. The summed E-state index contributed by atoms with van der Waals surface area (Å²) in [6, 6.07) is -2.17. The second kappa shape index (κ2) is 17.6. The normalized spacial score (nSPS) is 41.6. The maximum Gasteiger partial charge on any atom is 0.184 e. The van der Waals surface area contributed by atoms with Crippen LogP contribution in [0.3, 0.4) is 0 Å². The van der Waals surface area contributed by atoms with Crippen LogP contribution in [0.1, 0.15) is 32.6 Å². The van der Waals surface area contributed by atoms with Crippen molar-refractivity contribution in [2.45, 2.75) is 112 Å². The van der Waals surface area contributed by atoms with Crippen LogP contribution >= 0.6 is 0 Å². The minimum Gasteiger partial charge on any atom is -0.396 e. The topological polar surface area (TPSA) is 275 Å². The van der Waals surface area contributed by atoms with Gasteiger partial charge in [0.1, 0.15) is 36.6 Å². The van der Waals surface area contributed by atoms with Gasteiger partial charge < -0.3 is 81.9 Å². The molecule has 16 nitrogen and oxygen atoms in total. The zero-order chi connectivity index (χ0) is 30.7. The van der Waals surface area contributed by atoms with Gasteiger partial charge in [0.15, 0.2) is 12.6 Å².